The molecular formula is C15H12BrFN2O3. The summed E-state index contributed by atoms with van der Waals surface area (Å²) < 4.78 is 13.1. The molecule has 0 aromatic heterocycles. The highest BCUT2D eigenvalue weighted by molar-refractivity contribution is 9.10. The number of nitro groups is 1. The van der Waals surface area contributed by atoms with Crippen LogP contribution in [0.25, 0.3) is 0 Å². The molecule has 0 aliphatic rings. The maximum atomic E-state index is 12.8. The van der Waals surface area contributed by atoms with Gasteiger partial charge >= 0.3 is 0 Å². The van der Waals surface area contributed by atoms with Gasteiger partial charge in [0.2, 0.25) is 0 Å². The van der Waals surface area contributed by atoms with Gasteiger partial charge in [0.1, 0.15) is 5.82 Å². The average Bonchev–Trinajstić information content (AvgIpc) is 2.49. The van der Waals surface area contributed by atoms with Crippen LogP contribution in [0.15, 0.2) is 46.9 Å². The second-order valence-electron chi connectivity index (χ2n) is 4.56. The number of rotatable bonds is 5. The molecule has 1 amide bonds. The predicted octanol–water partition coefficient (Wildman–Crippen LogP) is 3.47. The zero-order valence-corrected chi connectivity index (χ0v) is 13.0. The maximum Gasteiger partial charge on any atom is 0.284 e. The van der Waals surface area contributed by atoms with E-state index in [2.05, 4.69) is 21.2 Å². The van der Waals surface area contributed by atoms with Crippen LogP contribution in [0.4, 0.5) is 10.1 Å². The molecule has 0 atom stereocenters. The normalized spacial score (nSPS) is 10.3. The molecule has 0 saturated heterocycles. The van der Waals surface area contributed by atoms with Crippen molar-refractivity contribution >= 4 is 27.5 Å². The molecule has 0 heterocycles. The Labute approximate surface area is 134 Å². The molecule has 2 aromatic carbocycles. The van der Waals surface area contributed by atoms with Crippen LogP contribution in [-0.4, -0.2) is 17.4 Å². The first-order valence-corrected chi connectivity index (χ1v) is 7.23. The molecule has 5 nitrogen and oxygen atoms in total. The smallest absolute Gasteiger partial charge is 0.284 e. The van der Waals surface area contributed by atoms with Crippen molar-refractivity contribution < 1.29 is 14.1 Å². The van der Waals surface area contributed by atoms with Crippen LogP contribution in [0.3, 0.4) is 0 Å². The molecule has 7 heteroatoms. The number of nitrogens with one attached hydrogen (secondary N) is 1. The van der Waals surface area contributed by atoms with Gasteiger partial charge < -0.3 is 5.32 Å². The fourth-order valence-corrected chi connectivity index (χ4v) is 2.26. The van der Waals surface area contributed by atoms with E-state index < -0.39 is 10.8 Å². The van der Waals surface area contributed by atoms with E-state index in [0.717, 1.165) is 5.56 Å². The Morgan fingerprint density at radius 2 is 1.91 bits per heavy atom. The van der Waals surface area contributed by atoms with Crippen molar-refractivity contribution in [2.75, 3.05) is 6.54 Å². The number of benzene rings is 2. The van der Waals surface area contributed by atoms with Crippen LogP contribution in [-0.2, 0) is 6.42 Å². The Bertz CT molecular complexity index is 704. The summed E-state index contributed by atoms with van der Waals surface area (Å²) >= 11 is 3.07. The lowest BCUT2D eigenvalue weighted by Crippen LogP contribution is -2.25. The molecular weight excluding hydrogens is 355 g/mol. The number of hydrogen-bond donors (Lipinski definition) is 1. The zero-order valence-electron chi connectivity index (χ0n) is 11.4. The lowest BCUT2D eigenvalue weighted by molar-refractivity contribution is -0.385. The monoisotopic (exact) mass is 366 g/mol. The van der Waals surface area contributed by atoms with Crippen molar-refractivity contribution in [1.29, 1.82) is 0 Å². The van der Waals surface area contributed by atoms with Gasteiger partial charge in [-0.2, -0.15) is 0 Å². The Morgan fingerprint density at radius 1 is 1.23 bits per heavy atom. The minimum absolute atomic E-state index is 0.161. The van der Waals surface area contributed by atoms with Gasteiger partial charge in [-0.1, -0.05) is 12.1 Å². The van der Waals surface area contributed by atoms with E-state index in [-0.39, 0.29) is 17.1 Å². The van der Waals surface area contributed by atoms with Crippen LogP contribution >= 0.6 is 15.9 Å². The van der Waals surface area contributed by atoms with Crippen LogP contribution in [0.5, 0.6) is 0 Å². The molecule has 0 radical (unpaired) electrons. The number of amides is 1. The Hall–Kier alpha value is -2.28. The van der Waals surface area contributed by atoms with Crippen molar-refractivity contribution in [2.24, 2.45) is 0 Å². The van der Waals surface area contributed by atoms with Crippen LogP contribution in [0.2, 0.25) is 0 Å². The van der Waals surface area contributed by atoms with Crippen LogP contribution in [0.1, 0.15) is 15.9 Å². The number of carbonyl (C=O) groups is 1. The lowest BCUT2D eigenvalue weighted by Gasteiger charge is -2.06. The number of nitro benzene ring substituents is 1. The van der Waals surface area contributed by atoms with Crippen LogP contribution < -0.4 is 5.32 Å². The van der Waals surface area contributed by atoms with Gasteiger partial charge in [-0.3, -0.25) is 14.9 Å². The first-order valence-electron chi connectivity index (χ1n) is 6.44. The minimum Gasteiger partial charge on any atom is -0.352 e. The van der Waals surface area contributed by atoms with Crippen molar-refractivity contribution in [1.82, 2.24) is 5.32 Å². The highest BCUT2D eigenvalue weighted by atomic mass is 79.9. The van der Waals surface area contributed by atoms with Gasteiger partial charge in [0.25, 0.3) is 11.6 Å². The SMILES string of the molecule is O=C(NCCc1ccc(F)cc1)c1ccc(Br)c([N+](=O)[O-])c1. The van der Waals surface area contributed by atoms with Gasteiger partial charge in [-0.05, 0) is 52.2 Å². The Kier molecular flexibility index (Phi) is 5.21. The molecule has 0 unspecified atom stereocenters. The molecule has 0 saturated carbocycles. The van der Waals surface area contributed by atoms with Gasteiger partial charge in [-0.25, -0.2) is 4.39 Å². The molecule has 22 heavy (non-hydrogen) atoms. The van der Waals surface area contributed by atoms with E-state index in [0.29, 0.717) is 17.4 Å². The number of halogens is 2. The first kappa shape index (κ1) is 16.1. The van der Waals surface area contributed by atoms with Crippen molar-refractivity contribution in [2.45, 2.75) is 6.42 Å². The minimum atomic E-state index is -0.556. The van der Waals surface area contributed by atoms with Gasteiger partial charge in [0.05, 0.1) is 9.40 Å². The topological polar surface area (TPSA) is 72.2 Å². The second kappa shape index (κ2) is 7.13. The van der Waals surface area contributed by atoms with Crippen molar-refractivity contribution in [3.63, 3.8) is 0 Å². The first-order chi connectivity index (χ1) is 10.5. The molecule has 114 valence electrons. The fraction of sp³-hybridized carbons (Fsp3) is 0.133. The number of carbonyl (C=O) groups excluding carboxylic acids is 1. The Morgan fingerprint density at radius 3 is 2.55 bits per heavy atom. The summed E-state index contributed by atoms with van der Waals surface area (Å²) in [4.78, 5) is 22.2. The molecule has 2 rings (SSSR count). The molecule has 0 fully saturated rings. The van der Waals surface area contributed by atoms with Crippen molar-refractivity contribution in [3.8, 4) is 0 Å². The summed E-state index contributed by atoms with van der Waals surface area (Å²) in [6.07, 6.45) is 0.546. The summed E-state index contributed by atoms with van der Waals surface area (Å²) in [6, 6.07) is 10.2. The van der Waals surface area contributed by atoms with Gasteiger partial charge in [0, 0.05) is 18.2 Å². The van der Waals surface area contributed by atoms with E-state index in [1.807, 2.05) is 0 Å². The zero-order chi connectivity index (χ0) is 16.1. The average molecular weight is 367 g/mol. The standard InChI is InChI=1S/C15H12BrFN2O3/c16-13-6-3-11(9-14(13)19(21)22)15(20)18-8-7-10-1-4-12(17)5-2-10/h1-6,9H,7-8H2,(H,18,20). The number of hydrogen-bond acceptors (Lipinski definition) is 3. The largest absolute Gasteiger partial charge is 0.352 e. The van der Waals surface area contributed by atoms with Crippen molar-refractivity contribution in [3.05, 3.63) is 74.0 Å². The molecule has 0 aliphatic carbocycles. The third kappa shape index (κ3) is 4.11. The summed E-state index contributed by atoms with van der Waals surface area (Å²) in [6.45, 7) is 0.355. The van der Waals surface area contributed by atoms with Gasteiger partial charge in [-0.15, -0.1) is 0 Å². The van der Waals surface area contributed by atoms with E-state index in [4.69, 9.17) is 0 Å². The summed E-state index contributed by atoms with van der Waals surface area (Å²) in [5, 5.41) is 13.5. The third-order valence-electron chi connectivity index (χ3n) is 3.02. The highest BCUT2D eigenvalue weighted by Crippen LogP contribution is 2.25. The second-order valence-corrected chi connectivity index (χ2v) is 5.41. The van der Waals surface area contributed by atoms with E-state index in [9.17, 15) is 19.3 Å². The summed E-state index contributed by atoms with van der Waals surface area (Å²) in [5.41, 5.74) is 0.948. The molecule has 0 aliphatic heterocycles. The molecule has 0 spiro atoms. The summed E-state index contributed by atoms with van der Waals surface area (Å²) in [7, 11) is 0. The fourth-order valence-electron chi connectivity index (χ4n) is 1.87. The summed E-state index contributed by atoms with van der Waals surface area (Å²) in [5.74, 6) is -0.701. The highest BCUT2D eigenvalue weighted by Gasteiger charge is 2.15. The molecule has 2 aromatic rings. The lowest BCUT2D eigenvalue weighted by atomic mass is 10.1. The third-order valence-corrected chi connectivity index (χ3v) is 3.69. The van der Waals surface area contributed by atoms with E-state index >= 15 is 0 Å². The Balaban J connectivity index is 1.96. The number of nitrogens with zero attached hydrogens (tertiary/aromatic N) is 1. The van der Waals surface area contributed by atoms with E-state index in [1.165, 1.54) is 30.3 Å². The van der Waals surface area contributed by atoms with E-state index in [1.54, 1.807) is 12.1 Å². The maximum absolute atomic E-state index is 12.8. The molecule has 0 bridgehead atoms. The molecule has 1 N–H and O–H groups in total. The predicted molar refractivity (Wildman–Crippen MR) is 83.2 cm³/mol. The van der Waals surface area contributed by atoms with Crippen LogP contribution in [0, 0.1) is 15.9 Å². The quantitative estimate of drug-likeness (QED) is 0.650. The van der Waals surface area contributed by atoms with Gasteiger partial charge in [0.15, 0.2) is 0 Å².